The Bertz CT molecular complexity index is 610. The van der Waals surface area contributed by atoms with E-state index in [4.69, 9.17) is 10.5 Å². The molecule has 2 rings (SSSR count). The molecule has 0 heterocycles. The van der Waals surface area contributed by atoms with Crippen LogP contribution >= 0.6 is 0 Å². The molecule has 5 heteroatoms. The van der Waals surface area contributed by atoms with Gasteiger partial charge >= 0.3 is 6.18 Å². The van der Waals surface area contributed by atoms with Crippen LogP contribution in [0.25, 0.3) is 10.8 Å². The summed E-state index contributed by atoms with van der Waals surface area (Å²) in [5, 5.41) is 1.79. The quantitative estimate of drug-likeness (QED) is 0.876. The maximum Gasteiger partial charge on any atom is 0.389 e. The van der Waals surface area contributed by atoms with E-state index in [0.29, 0.717) is 17.9 Å². The summed E-state index contributed by atoms with van der Waals surface area (Å²) in [6.07, 6.45) is -5.26. The second kappa shape index (κ2) is 6.35. The monoisotopic (exact) mass is 297 g/mol. The fraction of sp³-hybridized carbons (Fsp3) is 0.375. The number of benzene rings is 2. The van der Waals surface area contributed by atoms with Gasteiger partial charge in [0, 0.05) is 18.0 Å². The van der Waals surface area contributed by atoms with Crippen molar-refractivity contribution in [2.75, 3.05) is 6.61 Å². The van der Waals surface area contributed by atoms with Gasteiger partial charge in [-0.15, -0.1) is 0 Å². The van der Waals surface area contributed by atoms with E-state index in [1.165, 1.54) is 0 Å². The summed E-state index contributed by atoms with van der Waals surface area (Å²) in [5.41, 5.74) is 6.67. The molecule has 1 atom stereocenters. The van der Waals surface area contributed by atoms with Crippen molar-refractivity contribution in [1.82, 2.24) is 0 Å². The Morgan fingerprint density at radius 2 is 1.86 bits per heavy atom. The van der Waals surface area contributed by atoms with Crippen LogP contribution in [0.3, 0.4) is 0 Å². The first-order valence-corrected chi connectivity index (χ1v) is 6.89. The van der Waals surface area contributed by atoms with Crippen molar-refractivity contribution < 1.29 is 17.9 Å². The predicted octanol–water partition coefficient (Wildman–Crippen LogP) is 4.58. The van der Waals surface area contributed by atoms with Gasteiger partial charge in [0.1, 0.15) is 5.75 Å². The van der Waals surface area contributed by atoms with Crippen LogP contribution in [-0.4, -0.2) is 12.8 Å². The van der Waals surface area contributed by atoms with Crippen LogP contribution in [0.4, 0.5) is 13.2 Å². The summed E-state index contributed by atoms with van der Waals surface area (Å²) in [7, 11) is 0. The molecular formula is C16H18F3NO. The Kier molecular flexibility index (Phi) is 4.73. The number of nitrogens with two attached hydrogens (primary N) is 1. The normalized spacial score (nSPS) is 13.4. The molecule has 0 saturated heterocycles. The Hall–Kier alpha value is -1.75. The highest BCUT2D eigenvalue weighted by molar-refractivity contribution is 5.88. The molecule has 0 saturated carbocycles. The maximum atomic E-state index is 12.4. The van der Waals surface area contributed by atoms with Crippen LogP contribution in [-0.2, 0) is 0 Å². The zero-order valence-corrected chi connectivity index (χ0v) is 11.8. The van der Waals surface area contributed by atoms with E-state index in [2.05, 4.69) is 0 Å². The molecule has 0 fully saturated rings. The smallest absolute Gasteiger partial charge is 0.389 e. The van der Waals surface area contributed by atoms with Gasteiger partial charge in [-0.25, -0.2) is 0 Å². The fourth-order valence-corrected chi connectivity index (χ4v) is 2.40. The average Bonchev–Trinajstić information content (AvgIpc) is 2.44. The van der Waals surface area contributed by atoms with E-state index in [9.17, 15) is 13.2 Å². The van der Waals surface area contributed by atoms with Crippen LogP contribution in [0.15, 0.2) is 36.4 Å². The standard InChI is InChI=1S/C16H18F3NO/c1-2-21-14-8-7-11-5-3-4-6-12(11)15(14)13(20)9-10-16(17,18)19/h3-8,13H,2,9-10,20H2,1H3/t13-/m0/s1. The fourth-order valence-electron chi connectivity index (χ4n) is 2.40. The summed E-state index contributed by atoms with van der Waals surface area (Å²) in [4.78, 5) is 0. The van der Waals surface area contributed by atoms with Gasteiger partial charge in [-0.3, -0.25) is 0 Å². The second-order valence-corrected chi connectivity index (χ2v) is 4.89. The number of ether oxygens (including phenoxy) is 1. The molecule has 0 aromatic heterocycles. The summed E-state index contributed by atoms with van der Waals surface area (Å²) in [6, 6.07) is 10.5. The zero-order valence-electron chi connectivity index (χ0n) is 11.8. The van der Waals surface area contributed by atoms with Gasteiger partial charge in [0.15, 0.2) is 0 Å². The third-order valence-corrected chi connectivity index (χ3v) is 3.34. The molecule has 114 valence electrons. The van der Waals surface area contributed by atoms with Crippen molar-refractivity contribution in [1.29, 1.82) is 0 Å². The molecule has 0 amide bonds. The molecule has 0 bridgehead atoms. The van der Waals surface area contributed by atoms with Crippen LogP contribution in [0, 0.1) is 0 Å². The number of halogens is 3. The Labute approximate surface area is 121 Å². The molecule has 2 aromatic carbocycles. The highest BCUT2D eigenvalue weighted by Gasteiger charge is 2.29. The van der Waals surface area contributed by atoms with Gasteiger partial charge < -0.3 is 10.5 Å². The maximum absolute atomic E-state index is 12.4. The van der Waals surface area contributed by atoms with Crippen LogP contribution in [0.5, 0.6) is 5.75 Å². The first kappa shape index (κ1) is 15.6. The van der Waals surface area contributed by atoms with Gasteiger partial charge in [0.2, 0.25) is 0 Å². The van der Waals surface area contributed by atoms with Gasteiger partial charge in [0.05, 0.1) is 6.61 Å². The molecule has 2 nitrogen and oxygen atoms in total. The predicted molar refractivity (Wildman–Crippen MR) is 77.3 cm³/mol. The molecule has 0 aliphatic heterocycles. The molecule has 0 radical (unpaired) electrons. The average molecular weight is 297 g/mol. The van der Waals surface area contributed by atoms with Crippen molar-refractivity contribution >= 4 is 10.8 Å². The Morgan fingerprint density at radius 3 is 2.52 bits per heavy atom. The number of fused-ring (bicyclic) bond motifs is 1. The third-order valence-electron chi connectivity index (χ3n) is 3.34. The number of hydrogen-bond donors (Lipinski definition) is 1. The molecule has 2 aromatic rings. The number of hydrogen-bond acceptors (Lipinski definition) is 2. The van der Waals surface area contributed by atoms with Crippen LogP contribution in [0.1, 0.15) is 31.4 Å². The van der Waals surface area contributed by atoms with Crippen molar-refractivity contribution in [3.63, 3.8) is 0 Å². The highest BCUT2D eigenvalue weighted by Crippen LogP contribution is 2.35. The first-order chi connectivity index (χ1) is 9.92. The van der Waals surface area contributed by atoms with Crippen molar-refractivity contribution in [2.24, 2.45) is 5.73 Å². The lowest BCUT2D eigenvalue weighted by Gasteiger charge is -2.19. The van der Waals surface area contributed by atoms with Gasteiger partial charge in [0.25, 0.3) is 0 Å². The van der Waals surface area contributed by atoms with E-state index in [1.807, 2.05) is 37.3 Å². The lowest BCUT2D eigenvalue weighted by Crippen LogP contribution is -2.17. The summed E-state index contributed by atoms with van der Waals surface area (Å²) in [6.45, 7) is 2.28. The first-order valence-electron chi connectivity index (χ1n) is 6.89. The lowest BCUT2D eigenvalue weighted by molar-refractivity contribution is -0.136. The topological polar surface area (TPSA) is 35.2 Å². The van der Waals surface area contributed by atoms with Gasteiger partial charge in [-0.1, -0.05) is 30.3 Å². The largest absolute Gasteiger partial charge is 0.494 e. The van der Waals surface area contributed by atoms with E-state index in [1.54, 1.807) is 6.07 Å². The number of alkyl halides is 3. The van der Waals surface area contributed by atoms with Crippen LogP contribution in [0.2, 0.25) is 0 Å². The summed E-state index contributed by atoms with van der Waals surface area (Å²) >= 11 is 0. The van der Waals surface area contributed by atoms with E-state index in [0.717, 1.165) is 10.8 Å². The minimum atomic E-state index is -4.20. The molecule has 0 unspecified atom stereocenters. The van der Waals surface area contributed by atoms with E-state index in [-0.39, 0.29) is 6.42 Å². The molecule has 0 aliphatic rings. The second-order valence-electron chi connectivity index (χ2n) is 4.89. The summed E-state index contributed by atoms with van der Waals surface area (Å²) in [5.74, 6) is 0.561. The van der Waals surface area contributed by atoms with E-state index >= 15 is 0 Å². The molecular weight excluding hydrogens is 279 g/mol. The van der Waals surface area contributed by atoms with Crippen LogP contribution < -0.4 is 10.5 Å². The highest BCUT2D eigenvalue weighted by atomic mass is 19.4. The van der Waals surface area contributed by atoms with Crippen molar-refractivity contribution in [3.05, 3.63) is 42.0 Å². The summed E-state index contributed by atoms with van der Waals surface area (Å²) < 4.78 is 42.8. The Balaban J connectivity index is 2.40. The van der Waals surface area contributed by atoms with Gasteiger partial charge in [-0.05, 0) is 30.2 Å². The van der Waals surface area contributed by atoms with Gasteiger partial charge in [-0.2, -0.15) is 13.2 Å². The van der Waals surface area contributed by atoms with Crippen molar-refractivity contribution in [3.8, 4) is 5.75 Å². The zero-order chi connectivity index (χ0) is 15.5. The van der Waals surface area contributed by atoms with Crippen molar-refractivity contribution in [2.45, 2.75) is 32.0 Å². The third kappa shape index (κ3) is 3.88. The Morgan fingerprint density at radius 1 is 1.14 bits per heavy atom. The number of rotatable bonds is 5. The molecule has 0 aliphatic carbocycles. The SMILES string of the molecule is CCOc1ccc2ccccc2c1[C@@H](N)CCC(F)(F)F. The lowest BCUT2D eigenvalue weighted by atomic mass is 9.95. The molecule has 2 N–H and O–H groups in total. The molecule has 21 heavy (non-hydrogen) atoms. The minimum Gasteiger partial charge on any atom is -0.494 e. The molecule has 0 spiro atoms. The minimum absolute atomic E-state index is 0.155. The van der Waals surface area contributed by atoms with E-state index < -0.39 is 18.6 Å².